The zero-order valence-electron chi connectivity index (χ0n) is 16.2. The number of carbonyl (C=O) groups excluding carboxylic acids is 1. The van der Waals surface area contributed by atoms with Crippen LogP contribution in [-0.4, -0.2) is 41.9 Å². The molecule has 3 rings (SSSR count). The minimum atomic E-state index is -3.85. The first-order valence-electron chi connectivity index (χ1n) is 9.01. The number of nitro groups is 1. The molecule has 11 heteroatoms. The van der Waals surface area contributed by atoms with Gasteiger partial charge in [0.15, 0.2) is 5.76 Å². The molecule has 2 aromatic rings. The normalized spacial score (nSPS) is 17.8. The molecule has 1 aliphatic rings. The number of sulfonamides is 1. The number of piperidine rings is 1. The van der Waals surface area contributed by atoms with E-state index in [4.69, 9.17) is 9.26 Å². The number of aromatic nitrogens is 1. The summed E-state index contributed by atoms with van der Waals surface area (Å²) >= 11 is 0. The zero-order chi connectivity index (χ0) is 21.3. The monoisotopic (exact) mass is 423 g/mol. The van der Waals surface area contributed by atoms with Crippen LogP contribution >= 0.6 is 0 Å². The lowest BCUT2D eigenvalue weighted by Crippen LogP contribution is -2.43. The van der Waals surface area contributed by atoms with Crippen LogP contribution in [0.5, 0.6) is 5.75 Å². The molecule has 0 saturated carbocycles. The molecule has 1 unspecified atom stereocenters. The SMILES string of the molecule is Cc1cc(OC(=O)C2CCCN(S(=O)(=O)c3c(C)noc3C)C2)ccc1[N+](=O)[O-]. The van der Waals surface area contributed by atoms with Crippen LogP contribution in [0.2, 0.25) is 0 Å². The highest BCUT2D eigenvalue weighted by molar-refractivity contribution is 7.89. The number of benzene rings is 1. The Bertz CT molecular complexity index is 1040. The molecule has 0 bridgehead atoms. The summed E-state index contributed by atoms with van der Waals surface area (Å²) in [5.74, 6) is -0.830. The molecule has 29 heavy (non-hydrogen) atoms. The second-order valence-electron chi connectivity index (χ2n) is 6.98. The summed E-state index contributed by atoms with van der Waals surface area (Å²) in [6.45, 7) is 4.90. The molecule has 0 radical (unpaired) electrons. The Labute approximate surface area is 167 Å². The van der Waals surface area contributed by atoms with Crippen molar-refractivity contribution in [2.45, 2.75) is 38.5 Å². The Balaban J connectivity index is 1.75. The Kier molecular flexibility index (Phi) is 5.71. The van der Waals surface area contributed by atoms with Gasteiger partial charge in [-0.25, -0.2) is 8.42 Å². The molecule has 1 aromatic carbocycles. The smallest absolute Gasteiger partial charge is 0.315 e. The summed E-state index contributed by atoms with van der Waals surface area (Å²) in [5.41, 5.74) is 0.569. The van der Waals surface area contributed by atoms with E-state index in [1.165, 1.54) is 29.4 Å². The lowest BCUT2D eigenvalue weighted by Gasteiger charge is -2.30. The third-order valence-electron chi connectivity index (χ3n) is 4.87. The second-order valence-corrected chi connectivity index (χ2v) is 8.86. The number of ether oxygens (including phenoxy) is 1. The van der Waals surface area contributed by atoms with Crippen molar-refractivity contribution in [3.8, 4) is 5.75 Å². The van der Waals surface area contributed by atoms with E-state index in [9.17, 15) is 23.3 Å². The summed E-state index contributed by atoms with van der Waals surface area (Å²) in [5, 5.41) is 14.6. The van der Waals surface area contributed by atoms with Crippen molar-refractivity contribution in [3.63, 3.8) is 0 Å². The number of carbonyl (C=O) groups is 1. The first kappa shape index (κ1) is 20.9. The molecular weight excluding hydrogens is 402 g/mol. The maximum atomic E-state index is 13.0. The highest BCUT2D eigenvalue weighted by Crippen LogP contribution is 2.29. The number of hydrogen-bond donors (Lipinski definition) is 0. The molecule has 10 nitrogen and oxygen atoms in total. The van der Waals surface area contributed by atoms with Crippen molar-refractivity contribution in [2.24, 2.45) is 5.92 Å². The summed E-state index contributed by atoms with van der Waals surface area (Å²) < 4.78 is 37.5. The van der Waals surface area contributed by atoms with Gasteiger partial charge in [-0.2, -0.15) is 4.31 Å². The van der Waals surface area contributed by atoms with Crippen molar-refractivity contribution in [3.05, 3.63) is 45.3 Å². The molecule has 0 spiro atoms. The molecule has 0 aliphatic carbocycles. The zero-order valence-corrected chi connectivity index (χ0v) is 17.1. The summed E-state index contributed by atoms with van der Waals surface area (Å²) in [6, 6.07) is 4.04. The Morgan fingerprint density at radius 2 is 2.07 bits per heavy atom. The molecule has 1 saturated heterocycles. The van der Waals surface area contributed by atoms with Crippen molar-refractivity contribution in [1.29, 1.82) is 0 Å². The summed E-state index contributed by atoms with van der Waals surface area (Å²) in [4.78, 5) is 23.0. The van der Waals surface area contributed by atoms with Gasteiger partial charge in [-0.1, -0.05) is 5.16 Å². The number of rotatable bonds is 5. The average molecular weight is 423 g/mol. The fourth-order valence-electron chi connectivity index (χ4n) is 3.42. The third-order valence-corrected chi connectivity index (χ3v) is 6.98. The topological polar surface area (TPSA) is 133 Å². The lowest BCUT2D eigenvalue weighted by atomic mass is 10.00. The first-order valence-corrected chi connectivity index (χ1v) is 10.4. The van der Waals surface area contributed by atoms with E-state index in [-0.39, 0.29) is 40.9 Å². The van der Waals surface area contributed by atoms with Gasteiger partial charge in [-0.3, -0.25) is 14.9 Å². The molecule has 1 aromatic heterocycles. The van der Waals surface area contributed by atoms with Gasteiger partial charge < -0.3 is 9.26 Å². The minimum absolute atomic E-state index is 0.0167. The average Bonchev–Trinajstić information content (AvgIpc) is 3.00. The number of nitrogens with zero attached hydrogens (tertiary/aromatic N) is 3. The van der Waals surface area contributed by atoms with E-state index in [0.29, 0.717) is 18.4 Å². The Hall–Kier alpha value is -2.79. The number of esters is 1. The van der Waals surface area contributed by atoms with Crippen LogP contribution < -0.4 is 4.74 Å². The van der Waals surface area contributed by atoms with E-state index in [2.05, 4.69) is 5.16 Å². The molecular formula is C18H21N3O7S. The molecule has 1 fully saturated rings. The standard InChI is InChI=1S/C18H21N3O7S/c1-11-9-15(6-7-16(11)21(23)24)27-18(22)14-5-4-8-20(10-14)29(25,26)17-12(2)19-28-13(17)3/h6-7,9,14H,4-5,8,10H2,1-3H3. The fourth-order valence-corrected chi connectivity index (χ4v) is 5.24. The minimum Gasteiger partial charge on any atom is -0.426 e. The summed E-state index contributed by atoms with van der Waals surface area (Å²) in [6.07, 6.45) is 0.986. The maximum Gasteiger partial charge on any atom is 0.315 e. The van der Waals surface area contributed by atoms with Crippen LogP contribution in [-0.2, 0) is 14.8 Å². The van der Waals surface area contributed by atoms with Crippen molar-refractivity contribution >= 4 is 21.7 Å². The van der Waals surface area contributed by atoms with Gasteiger partial charge in [-0.05, 0) is 45.7 Å². The van der Waals surface area contributed by atoms with E-state index >= 15 is 0 Å². The number of aryl methyl sites for hydroxylation is 3. The van der Waals surface area contributed by atoms with Crippen LogP contribution in [0.4, 0.5) is 5.69 Å². The molecule has 0 N–H and O–H groups in total. The molecule has 156 valence electrons. The first-order chi connectivity index (χ1) is 13.6. The van der Waals surface area contributed by atoms with Crippen LogP contribution in [0, 0.1) is 36.8 Å². The van der Waals surface area contributed by atoms with Crippen LogP contribution in [0.1, 0.15) is 29.9 Å². The molecule has 1 atom stereocenters. The van der Waals surface area contributed by atoms with Crippen LogP contribution in [0.3, 0.4) is 0 Å². The highest BCUT2D eigenvalue weighted by atomic mass is 32.2. The van der Waals surface area contributed by atoms with Crippen molar-refractivity contribution in [1.82, 2.24) is 9.46 Å². The van der Waals surface area contributed by atoms with Crippen LogP contribution in [0.15, 0.2) is 27.6 Å². The molecule has 0 amide bonds. The van der Waals surface area contributed by atoms with Crippen molar-refractivity contribution in [2.75, 3.05) is 13.1 Å². The van der Waals surface area contributed by atoms with E-state index in [1.807, 2.05) is 0 Å². The lowest BCUT2D eigenvalue weighted by molar-refractivity contribution is -0.385. The van der Waals surface area contributed by atoms with Gasteiger partial charge in [0.2, 0.25) is 10.0 Å². The largest absolute Gasteiger partial charge is 0.426 e. The van der Waals surface area contributed by atoms with E-state index < -0.39 is 26.8 Å². The van der Waals surface area contributed by atoms with Crippen molar-refractivity contribution < 1.29 is 27.4 Å². The quantitative estimate of drug-likeness (QED) is 0.310. The predicted molar refractivity (Wildman–Crippen MR) is 101 cm³/mol. The highest BCUT2D eigenvalue weighted by Gasteiger charge is 2.37. The van der Waals surface area contributed by atoms with Gasteiger partial charge in [0.25, 0.3) is 5.69 Å². The van der Waals surface area contributed by atoms with Gasteiger partial charge in [0.1, 0.15) is 16.3 Å². The van der Waals surface area contributed by atoms with Gasteiger partial charge in [0, 0.05) is 24.7 Å². The maximum absolute atomic E-state index is 13.0. The Morgan fingerprint density at radius 1 is 1.34 bits per heavy atom. The predicted octanol–water partition coefficient (Wildman–Crippen LogP) is 2.51. The van der Waals surface area contributed by atoms with Gasteiger partial charge >= 0.3 is 5.97 Å². The number of hydrogen-bond acceptors (Lipinski definition) is 8. The molecule has 1 aliphatic heterocycles. The van der Waals surface area contributed by atoms with E-state index in [1.54, 1.807) is 13.8 Å². The summed E-state index contributed by atoms with van der Waals surface area (Å²) in [7, 11) is -3.85. The second kappa shape index (κ2) is 7.91. The number of nitro benzene ring substituents is 1. The van der Waals surface area contributed by atoms with Gasteiger partial charge in [-0.15, -0.1) is 0 Å². The molecule has 2 heterocycles. The fraction of sp³-hybridized carbons (Fsp3) is 0.444. The van der Waals surface area contributed by atoms with E-state index in [0.717, 1.165) is 0 Å². The van der Waals surface area contributed by atoms with Gasteiger partial charge in [0.05, 0.1) is 10.8 Å². The Morgan fingerprint density at radius 3 is 2.66 bits per heavy atom. The third kappa shape index (κ3) is 4.15. The van der Waals surface area contributed by atoms with Crippen LogP contribution in [0.25, 0.3) is 0 Å².